The van der Waals surface area contributed by atoms with Crippen molar-refractivity contribution in [3.8, 4) is 5.75 Å². The lowest BCUT2D eigenvalue weighted by molar-refractivity contribution is 0.112. The topological polar surface area (TPSA) is 26.3 Å². The summed E-state index contributed by atoms with van der Waals surface area (Å²) in [6, 6.07) is 3.84. The first-order chi connectivity index (χ1) is 6.77. The zero-order valence-electron chi connectivity index (χ0n) is 7.41. The molecule has 14 heavy (non-hydrogen) atoms. The number of ether oxygens (including phenoxy) is 1. The van der Waals surface area contributed by atoms with Crippen molar-refractivity contribution in [2.75, 3.05) is 7.11 Å². The number of thiophene rings is 1. The molecule has 0 N–H and O–H groups in total. The highest BCUT2D eigenvalue weighted by Gasteiger charge is 2.11. The second-order valence-electron chi connectivity index (χ2n) is 2.76. The van der Waals surface area contributed by atoms with Crippen LogP contribution in [0, 0.1) is 3.57 Å². The van der Waals surface area contributed by atoms with Gasteiger partial charge in [0.1, 0.15) is 5.75 Å². The molecule has 2 nitrogen and oxygen atoms in total. The Hall–Kier alpha value is -0.620. The first kappa shape index (κ1) is 9.92. The summed E-state index contributed by atoms with van der Waals surface area (Å²) in [6.45, 7) is 0. The van der Waals surface area contributed by atoms with E-state index in [9.17, 15) is 4.79 Å². The smallest absolute Gasteiger partial charge is 0.151 e. The van der Waals surface area contributed by atoms with Crippen LogP contribution in [0.5, 0.6) is 5.75 Å². The molecule has 0 saturated heterocycles. The third-order valence-electron chi connectivity index (χ3n) is 2.03. The average Bonchev–Trinajstić information content (AvgIpc) is 2.65. The van der Waals surface area contributed by atoms with Crippen LogP contribution in [-0.4, -0.2) is 13.4 Å². The van der Waals surface area contributed by atoms with Crippen molar-refractivity contribution in [3.05, 3.63) is 26.6 Å². The molecule has 1 aromatic carbocycles. The summed E-state index contributed by atoms with van der Waals surface area (Å²) in [5.41, 5.74) is 0.752. The lowest BCUT2D eigenvalue weighted by Gasteiger charge is -2.05. The molecule has 72 valence electrons. The number of hydrogen-bond acceptors (Lipinski definition) is 3. The first-order valence-electron chi connectivity index (χ1n) is 3.96. The number of methoxy groups -OCH3 is 1. The summed E-state index contributed by atoms with van der Waals surface area (Å²) in [6.07, 6.45) is 0.899. The van der Waals surface area contributed by atoms with Gasteiger partial charge < -0.3 is 4.74 Å². The van der Waals surface area contributed by atoms with E-state index in [1.54, 1.807) is 18.4 Å². The minimum Gasteiger partial charge on any atom is -0.495 e. The molecule has 0 bridgehead atoms. The third-order valence-corrected chi connectivity index (χ3v) is 3.85. The molecule has 0 fully saturated rings. The normalized spacial score (nSPS) is 10.4. The zero-order chi connectivity index (χ0) is 10.1. The predicted molar refractivity (Wildman–Crippen MR) is 66.5 cm³/mol. The molecule has 0 aliphatic rings. The van der Waals surface area contributed by atoms with Gasteiger partial charge in [-0.1, -0.05) is 0 Å². The molecule has 2 aromatic rings. The van der Waals surface area contributed by atoms with E-state index in [1.807, 2.05) is 17.5 Å². The maximum atomic E-state index is 10.9. The van der Waals surface area contributed by atoms with Gasteiger partial charge in [-0.05, 0) is 40.1 Å². The number of halogens is 1. The Morgan fingerprint density at radius 3 is 3.00 bits per heavy atom. The molecule has 0 unspecified atom stereocenters. The fourth-order valence-electron chi connectivity index (χ4n) is 1.37. The number of fused-ring (bicyclic) bond motifs is 1. The van der Waals surface area contributed by atoms with Gasteiger partial charge in [-0.15, -0.1) is 11.3 Å². The molecule has 1 heterocycles. The van der Waals surface area contributed by atoms with Gasteiger partial charge in [-0.3, -0.25) is 4.79 Å². The average molecular weight is 318 g/mol. The van der Waals surface area contributed by atoms with Crippen LogP contribution in [0.2, 0.25) is 0 Å². The number of carbonyl (C=O) groups excluding carboxylic acids is 1. The van der Waals surface area contributed by atoms with Gasteiger partial charge in [0.15, 0.2) is 6.29 Å². The van der Waals surface area contributed by atoms with Crippen molar-refractivity contribution < 1.29 is 9.53 Å². The van der Waals surface area contributed by atoms with Crippen LogP contribution in [-0.2, 0) is 0 Å². The van der Waals surface area contributed by atoms with Gasteiger partial charge in [-0.2, -0.15) is 0 Å². The van der Waals surface area contributed by atoms with Crippen LogP contribution < -0.4 is 4.74 Å². The molecule has 2 rings (SSSR count). The van der Waals surface area contributed by atoms with Crippen LogP contribution in [0.1, 0.15) is 10.4 Å². The van der Waals surface area contributed by atoms with E-state index in [2.05, 4.69) is 22.6 Å². The van der Waals surface area contributed by atoms with E-state index >= 15 is 0 Å². The number of carbonyl (C=O) groups is 1. The number of benzene rings is 1. The highest BCUT2D eigenvalue weighted by atomic mass is 127. The highest BCUT2D eigenvalue weighted by molar-refractivity contribution is 14.1. The molecule has 1 aromatic heterocycles. The summed E-state index contributed by atoms with van der Waals surface area (Å²) < 4.78 is 7.22. The third kappa shape index (κ3) is 1.42. The van der Waals surface area contributed by atoms with Crippen LogP contribution in [0.25, 0.3) is 10.1 Å². The second kappa shape index (κ2) is 3.86. The van der Waals surface area contributed by atoms with Crippen LogP contribution in [0.4, 0.5) is 0 Å². The van der Waals surface area contributed by atoms with Crippen molar-refractivity contribution in [3.63, 3.8) is 0 Å². The fraction of sp³-hybridized carbons (Fsp3) is 0.100. The zero-order valence-corrected chi connectivity index (χ0v) is 10.4. The lowest BCUT2D eigenvalue weighted by Crippen LogP contribution is -1.90. The Bertz CT molecular complexity index is 490. The summed E-state index contributed by atoms with van der Waals surface area (Å²) in [4.78, 5) is 10.9. The van der Waals surface area contributed by atoms with Crippen LogP contribution in [0.15, 0.2) is 17.5 Å². The SMILES string of the molecule is COc1cc(I)c(C=O)c2ccsc12. The Kier molecular flexibility index (Phi) is 2.73. The van der Waals surface area contributed by atoms with Gasteiger partial charge in [0.25, 0.3) is 0 Å². The van der Waals surface area contributed by atoms with E-state index in [4.69, 9.17) is 4.74 Å². The molecule has 0 aliphatic carbocycles. The highest BCUT2D eigenvalue weighted by Crippen LogP contribution is 2.35. The summed E-state index contributed by atoms with van der Waals surface area (Å²) in [5.74, 6) is 0.838. The van der Waals surface area contributed by atoms with Gasteiger partial charge in [-0.25, -0.2) is 0 Å². The molecule has 0 spiro atoms. The van der Waals surface area contributed by atoms with E-state index in [-0.39, 0.29) is 0 Å². The van der Waals surface area contributed by atoms with Gasteiger partial charge in [0.2, 0.25) is 0 Å². The molecule has 0 aliphatic heterocycles. The fourth-order valence-corrected chi connectivity index (χ4v) is 2.97. The Labute approximate surface area is 99.0 Å². The summed E-state index contributed by atoms with van der Waals surface area (Å²) >= 11 is 3.74. The van der Waals surface area contributed by atoms with Crippen molar-refractivity contribution >= 4 is 50.3 Å². The van der Waals surface area contributed by atoms with Gasteiger partial charge in [0.05, 0.1) is 11.8 Å². The Morgan fingerprint density at radius 1 is 1.57 bits per heavy atom. The number of hydrogen-bond donors (Lipinski definition) is 0. The predicted octanol–water partition coefficient (Wildman–Crippen LogP) is 3.33. The number of aldehydes is 1. The van der Waals surface area contributed by atoms with E-state index in [0.29, 0.717) is 0 Å². The lowest BCUT2D eigenvalue weighted by atomic mass is 10.1. The molecule has 0 saturated carbocycles. The largest absolute Gasteiger partial charge is 0.495 e. The van der Waals surface area contributed by atoms with E-state index < -0.39 is 0 Å². The monoisotopic (exact) mass is 318 g/mol. The van der Waals surface area contributed by atoms with Gasteiger partial charge in [0, 0.05) is 14.5 Å². The number of rotatable bonds is 2. The van der Waals surface area contributed by atoms with Crippen molar-refractivity contribution in [2.45, 2.75) is 0 Å². The first-order valence-corrected chi connectivity index (χ1v) is 5.92. The molecule has 0 amide bonds. The van der Waals surface area contributed by atoms with Crippen molar-refractivity contribution in [1.29, 1.82) is 0 Å². The van der Waals surface area contributed by atoms with Crippen molar-refractivity contribution in [2.24, 2.45) is 0 Å². The van der Waals surface area contributed by atoms with E-state index in [1.165, 1.54) is 0 Å². The molecular formula is C10H7IO2S. The van der Waals surface area contributed by atoms with Crippen LogP contribution >= 0.6 is 33.9 Å². The summed E-state index contributed by atoms with van der Waals surface area (Å²) in [5, 5.41) is 2.95. The van der Waals surface area contributed by atoms with Gasteiger partial charge >= 0.3 is 0 Å². The Morgan fingerprint density at radius 2 is 2.36 bits per heavy atom. The minimum atomic E-state index is 0.752. The maximum Gasteiger partial charge on any atom is 0.151 e. The minimum absolute atomic E-state index is 0.752. The second-order valence-corrected chi connectivity index (χ2v) is 4.83. The standard InChI is InChI=1S/C10H7IO2S/c1-13-9-4-8(11)7(5-12)6-2-3-14-10(6)9/h2-5H,1H3. The van der Waals surface area contributed by atoms with E-state index in [0.717, 1.165) is 31.3 Å². The quantitative estimate of drug-likeness (QED) is 0.627. The van der Waals surface area contributed by atoms with Crippen LogP contribution in [0.3, 0.4) is 0 Å². The summed E-state index contributed by atoms with van der Waals surface area (Å²) in [7, 11) is 1.64. The Balaban J connectivity index is 2.88. The molecule has 4 heteroatoms. The molecular weight excluding hydrogens is 311 g/mol. The molecule has 0 radical (unpaired) electrons. The maximum absolute atomic E-state index is 10.9. The van der Waals surface area contributed by atoms with Crippen molar-refractivity contribution in [1.82, 2.24) is 0 Å². The molecule has 0 atom stereocenters.